The molecule has 1 fully saturated rings. The van der Waals surface area contributed by atoms with Gasteiger partial charge in [-0.25, -0.2) is 13.2 Å². The number of nitrogens with two attached hydrogens (primary N) is 1. The van der Waals surface area contributed by atoms with Gasteiger partial charge >= 0.3 is 0 Å². The Hall–Kier alpha value is -1.03. The molecule has 1 aliphatic carbocycles. The molecule has 0 heterocycles. The molecule has 1 aliphatic rings. The van der Waals surface area contributed by atoms with Crippen molar-refractivity contribution in [1.29, 1.82) is 0 Å². The standard InChI is InChI=1S/C12H14F3N/c1-7-2-5-9(13)10(11(7)14)12(15,6-16)8-3-4-8/h2,5,8H,3-4,6,16H2,1H3. The largest absolute Gasteiger partial charge is 0.327 e. The zero-order chi connectivity index (χ0) is 11.9. The highest BCUT2D eigenvalue weighted by atomic mass is 19.2. The Bertz CT molecular complexity index is 415. The summed E-state index contributed by atoms with van der Waals surface area (Å²) in [5.74, 6) is -1.99. The minimum Gasteiger partial charge on any atom is -0.327 e. The van der Waals surface area contributed by atoms with Gasteiger partial charge in [0.15, 0.2) is 5.67 Å². The summed E-state index contributed by atoms with van der Waals surface area (Å²) in [6, 6.07) is 2.40. The smallest absolute Gasteiger partial charge is 0.156 e. The second-order valence-corrected chi connectivity index (χ2v) is 4.39. The minimum absolute atomic E-state index is 0.243. The van der Waals surface area contributed by atoms with Crippen LogP contribution in [0.2, 0.25) is 0 Å². The molecule has 1 unspecified atom stereocenters. The van der Waals surface area contributed by atoms with E-state index in [0.717, 1.165) is 6.07 Å². The molecule has 1 saturated carbocycles. The van der Waals surface area contributed by atoms with Crippen LogP contribution in [0.25, 0.3) is 0 Å². The van der Waals surface area contributed by atoms with Crippen LogP contribution >= 0.6 is 0 Å². The molecule has 4 heteroatoms. The molecule has 0 bridgehead atoms. The Morgan fingerprint density at radius 2 is 2.00 bits per heavy atom. The second-order valence-electron chi connectivity index (χ2n) is 4.39. The van der Waals surface area contributed by atoms with Gasteiger partial charge in [-0.2, -0.15) is 0 Å². The van der Waals surface area contributed by atoms with E-state index in [0.29, 0.717) is 12.8 Å². The topological polar surface area (TPSA) is 26.0 Å². The number of alkyl halides is 1. The van der Waals surface area contributed by atoms with Gasteiger partial charge in [0.2, 0.25) is 0 Å². The number of hydrogen-bond acceptors (Lipinski definition) is 1. The Morgan fingerprint density at radius 1 is 1.38 bits per heavy atom. The molecule has 16 heavy (non-hydrogen) atoms. The van der Waals surface area contributed by atoms with Gasteiger partial charge < -0.3 is 5.73 Å². The quantitative estimate of drug-likeness (QED) is 0.847. The fourth-order valence-corrected chi connectivity index (χ4v) is 2.05. The Kier molecular flexibility index (Phi) is 2.70. The molecule has 0 amide bonds. The third-order valence-electron chi connectivity index (χ3n) is 3.22. The van der Waals surface area contributed by atoms with Crippen LogP contribution in [0.1, 0.15) is 24.0 Å². The highest BCUT2D eigenvalue weighted by Gasteiger charge is 2.49. The summed E-state index contributed by atoms with van der Waals surface area (Å²) in [5.41, 5.74) is 3.06. The van der Waals surface area contributed by atoms with Crippen molar-refractivity contribution in [2.45, 2.75) is 25.4 Å². The number of benzene rings is 1. The second kappa shape index (κ2) is 3.77. The molecular weight excluding hydrogens is 215 g/mol. The number of rotatable bonds is 3. The molecule has 0 saturated heterocycles. The van der Waals surface area contributed by atoms with Crippen molar-refractivity contribution in [1.82, 2.24) is 0 Å². The first kappa shape index (κ1) is 11.5. The van der Waals surface area contributed by atoms with Gasteiger partial charge in [0.05, 0.1) is 5.56 Å². The fraction of sp³-hybridized carbons (Fsp3) is 0.500. The van der Waals surface area contributed by atoms with E-state index in [2.05, 4.69) is 0 Å². The van der Waals surface area contributed by atoms with Gasteiger partial charge in [-0.3, -0.25) is 0 Å². The average molecular weight is 229 g/mol. The van der Waals surface area contributed by atoms with E-state index in [9.17, 15) is 13.2 Å². The van der Waals surface area contributed by atoms with Crippen LogP contribution in [0.5, 0.6) is 0 Å². The van der Waals surface area contributed by atoms with E-state index in [1.54, 1.807) is 0 Å². The predicted octanol–water partition coefficient (Wildman–Crippen LogP) is 2.81. The molecule has 0 spiro atoms. The summed E-state index contributed by atoms with van der Waals surface area (Å²) in [4.78, 5) is 0. The predicted molar refractivity (Wildman–Crippen MR) is 55.7 cm³/mol. The van der Waals surface area contributed by atoms with Crippen LogP contribution in [-0.4, -0.2) is 6.54 Å². The normalized spacial score (nSPS) is 19.6. The summed E-state index contributed by atoms with van der Waals surface area (Å²) in [6.07, 6.45) is 1.28. The molecular formula is C12H14F3N. The third-order valence-corrected chi connectivity index (χ3v) is 3.22. The Balaban J connectivity index is 2.57. The lowest BCUT2D eigenvalue weighted by molar-refractivity contribution is 0.131. The van der Waals surface area contributed by atoms with Gasteiger partial charge in [-0.1, -0.05) is 6.07 Å². The first-order chi connectivity index (χ1) is 7.50. The van der Waals surface area contributed by atoms with Crippen molar-refractivity contribution < 1.29 is 13.2 Å². The molecule has 1 aromatic rings. The van der Waals surface area contributed by atoms with Crippen LogP contribution in [0.15, 0.2) is 12.1 Å². The maximum atomic E-state index is 14.5. The maximum Gasteiger partial charge on any atom is 0.156 e. The molecule has 2 rings (SSSR count). The van der Waals surface area contributed by atoms with Crippen LogP contribution in [0, 0.1) is 24.5 Å². The van der Waals surface area contributed by atoms with E-state index in [-0.39, 0.29) is 18.0 Å². The first-order valence-electron chi connectivity index (χ1n) is 5.34. The van der Waals surface area contributed by atoms with E-state index < -0.39 is 22.9 Å². The van der Waals surface area contributed by atoms with Gasteiger partial charge in [0.25, 0.3) is 0 Å². The lowest BCUT2D eigenvalue weighted by Gasteiger charge is -2.25. The zero-order valence-electron chi connectivity index (χ0n) is 9.06. The van der Waals surface area contributed by atoms with E-state index in [1.807, 2.05) is 0 Å². The fourth-order valence-electron chi connectivity index (χ4n) is 2.05. The highest BCUT2D eigenvalue weighted by Crippen LogP contribution is 2.49. The summed E-state index contributed by atoms with van der Waals surface area (Å²) in [6.45, 7) is 1.11. The Labute approximate surface area is 92.5 Å². The van der Waals surface area contributed by atoms with Crippen molar-refractivity contribution >= 4 is 0 Å². The average Bonchev–Trinajstić information content (AvgIpc) is 3.07. The SMILES string of the molecule is Cc1ccc(F)c(C(F)(CN)C2CC2)c1F. The van der Waals surface area contributed by atoms with Crippen LogP contribution in [0.4, 0.5) is 13.2 Å². The van der Waals surface area contributed by atoms with E-state index in [1.165, 1.54) is 13.0 Å². The molecule has 1 nitrogen and oxygen atoms in total. The lowest BCUT2D eigenvalue weighted by atomic mass is 9.88. The molecule has 2 N–H and O–H groups in total. The molecule has 88 valence electrons. The van der Waals surface area contributed by atoms with Crippen molar-refractivity contribution in [2.75, 3.05) is 6.54 Å². The van der Waals surface area contributed by atoms with Crippen molar-refractivity contribution in [2.24, 2.45) is 11.7 Å². The summed E-state index contributed by atoms with van der Waals surface area (Å²) in [5, 5.41) is 0. The number of aryl methyl sites for hydroxylation is 1. The van der Waals surface area contributed by atoms with Gasteiger partial charge in [0.1, 0.15) is 11.6 Å². The molecule has 0 radical (unpaired) electrons. The summed E-state index contributed by atoms with van der Waals surface area (Å²) < 4.78 is 41.9. The van der Waals surface area contributed by atoms with Crippen LogP contribution in [-0.2, 0) is 5.67 Å². The minimum atomic E-state index is -2.06. The van der Waals surface area contributed by atoms with Crippen molar-refractivity contribution in [3.8, 4) is 0 Å². The van der Waals surface area contributed by atoms with Crippen LogP contribution < -0.4 is 5.73 Å². The summed E-state index contributed by atoms with van der Waals surface area (Å²) >= 11 is 0. The number of hydrogen-bond donors (Lipinski definition) is 1. The molecule has 0 aliphatic heterocycles. The van der Waals surface area contributed by atoms with Gasteiger partial charge in [-0.15, -0.1) is 0 Å². The number of halogens is 3. The zero-order valence-corrected chi connectivity index (χ0v) is 9.06. The third kappa shape index (κ3) is 1.61. The van der Waals surface area contributed by atoms with E-state index in [4.69, 9.17) is 5.73 Å². The van der Waals surface area contributed by atoms with E-state index >= 15 is 0 Å². The monoisotopic (exact) mass is 229 g/mol. The van der Waals surface area contributed by atoms with Gasteiger partial charge in [0, 0.05) is 6.54 Å². The van der Waals surface area contributed by atoms with Crippen LogP contribution in [0.3, 0.4) is 0 Å². The first-order valence-corrected chi connectivity index (χ1v) is 5.34. The lowest BCUT2D eigenvalue weighted by Crippen LogP contribution is -2.35. The molecule has 1 atom stereocenters. The van der Waals surface area contributed by atoms with Gasteiger partial charge in [-0.05, 0) is 37.3 Å². The molecule has 0 aromatic heterocycles. The maximum absolute atomic E-state index is 14.5. The molecule has 1 aromatic carbocycles. The van der Waals surface area contributed by atoms with Crippen molar-refractivity contribution in [3.05, 3.63) is 34.9 Å². The highest BCUT2D eigenvalue weighted by molar-refractivity contribution is 5.33. The summed E-state index contributed by atoms with van der Waals surface area (Å²) in [7, 11) is 0. The Morgan fingerprint density at radius 3 is 2.50 bits per heavy atom. The van der Waals surface area contributed by atoms with Crippen molar-refractivity contribution in [3.63, 3.8) is 0 Å².